The molecule has 0 radical (unpaired) electrons. The van der Waals surface area contributed by atoms with E-state index in [9.17, 15) is 40.7 Å². The van der Waals surface area contributed by atoms with E-state index in [0.717, 1.165) is 24.5 Å². The zero-order chi connectivity index (χ0) is 82.0. The molecule has 3 N–H and O–H groups in total. The number of rotatable bonds is 13. The van der Waals surface area contributed by atoms with Gasteiger partial charge in [0.25, 0.3) is 0 Å². The van der Waals surface area contributed by atoms with E-state index in [1.807, 2.05) is 13.8 Å². The second-order valence-electron chi connectivity index (χ2n) is 33.1. The lowest BCUT2D eigenvalue weighted by Crippen LogP contribution is -2.68. The van der Waals surface area contributed by atoms with Gasteiger partial charge in [0.05, 0.1) is 44.7 Å². The highest BCUT2D eigenvalue weighted by atomic mass is 19.4. The van der Waals surface area contributed by atoms with Crippen molar-refractivity contribution < 1.29 is 102 Å². The lowest BCUT2D eigenvalue weighted by molar-refractivity contribution is -0.219. The van der Waals surface area contributed by atoms with Crippen molar-refractivity contribution in [1.29, 1.82) is 0 Å². The zero-order valence-corrected chi connectivity index (χ0v) is 66.4. The summed E-state index contributed by atoms with van der Waals surface area (Å²) in [6.45, 7) is 8.96. The zero-order valence-electron chi connectivity index (χ0n) is 66.4. The van der Waals surface area contributed by atoms with Crippen LogP contribution < -0.4 is 16.0 Å². The van der Waals surface area contributed by atoms with E-state index >= 15 is 51.9 Å². The second-order valence-corrected chi connectivity index (χ2v) is 33.1. The fraction of sp³-hybridized carbons (Fsp3) is 0.818. The molecule has 626 valence electrons. The maximum Gasteiger partial charge on any atom is 0.397 e. The SMILES string of the molecule is CCO[C@@H]1C[C@H]2C(=O)NC3(CCC3)C(=O)N(C)[C@@H](C3CCCC3)C(=O)N(C)[C@H](C(=O)N3CCOCC3)CC(=O)N(C)[C@@H](CC(C)C)C(=O)N[C@@H]([C@@H](C)CC)C(=O)N(C)CC(=O)N(C)[C@H]3CC(C)=CCN(C3=O)[C@@H](CC3CCC(C(F)(F)F)CC3)C(=O)N(C)CC(=O)N[C@@H](CCC3CC(F)C(C(F)(F)F)C(F)C3)C(=O)N2C1. The van der Waals surface area contributed by atoms with Crippen LogP contribution in [0.4, 0.5) is 35.1 Å². The van der Waals surface area contributed by atoms with Gasteiger partial charge in [-0.1, -0.05) is 58.6 Å². The summed E-state index contributed by atoms with van der Waals surface area (Å²) >= 11 is 0. The van der Waals surface area contributed by atoms with Gasteiger partial charge in [-0.05, 0) is 146 Å². The van der Waals surface area contributed by atoms with Crippen LogP contribution in [-0.4, -0.2) is 301 Å². The number of nitrogens with one attached hydrogen (secondary N) is 3. The van der Waals surface area contributed by atoms with Crippen molar-refractivity contribution >= 4 is 70.9 Å². The highest BCUT2D eigenvalue weighted by Crippen LogP contribution is 2.46. The number of carbonyl (C=O) groups excluding carboxylic acids is 12. The molecule has 34 heteroatoms. The molecule has 12 amide bonds. The molecule has 111 heavy (non-hydrogen) atoms. The van der Waals surface area contributed by atoms with Gasteiger partial charge in [0.15, 0.2) is 0 Å². The molecule has 1 spiro atoms. The van der Waals surface area contributed by atoms with Crippen molar-refractivity contribution in [2.45, 2.75) is 261 Å². The highest BCUT2D eigenvalue weighted by molar-refractivity contribution is 6.01. The minimum Gasteiger partial charge on any atom is -0.378 e. The molecule has 4 aliphatic heterocycles. The summed E-state index contributed by atoms with van der Waals surface area (Å²) in [6, 6.07) is -11.5. The van der Waals surface area contributed by atoms with Gasteiger partial charge in [0.2, 0.25) is 70.9 Å². The molecule has 7 fully saturated rings. The van der Waals surface area contributed by atoms with Gasteiger partial charge in [-0.25, -0.2) is 8.78 Å². The smallest absolute Gasteiger partial charge is 0.378 e. The molecule has 0 aromatic heterocycles. The molecule has 0 aromatic carbocycles. The molecule has 0 aromatic rings. The Labute approximate surface area is 646 Å². The van der Waals surface area contributed by atoms with E-state index < -0.39 is 230 Å². The summed E-state index contributed by atoms with van der Waals surface area (Å²) in [5, 5.41) is 8.44. The molecule has 4 heterocycles. The Bertz CT molecular complexity index is 3350. The van der Waals surface area contributed by atoms with Gasteiger partial charge in [-0.2, -0.15) is 26.3 Å². The van der Waals surface area contributed by atoms with Gasteiger partial charge in [0, 0.05) is 81.5 Å². The summed E-state index contributed by atoms with van der Waals surface area (Å²) in [6.07, 6.45) is -15.2. The summed E-state index contributed by atoms with van der Waals surface area (Å²) in [5.41, 5.74) is -1.12. The van der Waals surface area contributed by atoms with Crippen LogP contribution in [-0.2, 0) is 67.0 Å². The first kappa shape index (κ1) is 89.3. The molecular formula is C77H118F8N12O14. The minimum atomic E-state index is -5.22. The number of amides is 12. The Hall–Kier alpha value is -7.26. The molecule has 3 saturated heterocycles. The number of morpholine rings is 1. The van der Waals surface area contributed by atoms with Gasteiger partial charge in [-0.15, -0.1) is 0 Å². The van der Waals surface area contributed by atoms with Crippen molar-refractivity contribution in [3.63, 3.8) is 0 Å². The van der Waals surface area contributed by atoms with Gasteiger partial charge < -0.3 is 69.5 Å². The second kappa shape index (κ2) is 38.3. The first-order valence-corrected chi connectivity index (χ1v) is 39.8. The Morgan fingerprint density at radius 2 is 1.26 bits per heavy atom. The van der Waals surface area contributed by atoms with Crippen LogP contribution in [0.25, 0.3) is 0 Å². The number of hydrogen-bond donors (Lipinski definition) is 3. The first-order valence-electron chi connectivity index (χ1n) is 39.8. The number of nitrogens with zero attached hydrogens (tertiary/aromatic N) is 9. The van der Waals surface area contributed by atoms with E-state index in [4.69, 9.17) is 9.47 Å². The number of carbonyl (C=O) groups is 12. The molecule has 8 aliphatic rings. The van der Waals surface area contributed by atoms with Crippen molar-refractivity contribution in [2.24, 2.45) is 41.4 Å². The average molecular weight is 1590 g/mol. The number of ether oxygens (including phenoxy) is 2. The van der Waals surface area contributed by atoms with Crippen LogP contribution in [0.2, 0.25) is 0 Å². The van der Waals surface area contributed by atoms with Crippen molar-refractivity contribution in [3.05, 3.63) is 11.6 Å². The van der Waals surface area contributed by atoms with Crippen LogP contribution in [0, 0.1) is 41.4 Å². The summed E-state index contributed by atoms with van der Waals surface area (Å²) in [4.78, 5) is 193. The Kier molecular flexibility index (Phi) is 30.8. The predicted octanol–water partition coefficient (Wildman–Crippen LogP) is 6.12. The monoisotopic (exact) mass is 1590 g/mol. The number of hydrogen-bond acceptors (Lipinski definition) is 14. The normalized spacial score (nSPS) is 32.0. The van der Waals surface area contributed by atoms with Crippen LogP contribution >= 0.6 is 0 Å². The van der Waals surface area contributed by atoms with E-state index in [0.29, 0.717) is 44.1 Å². The molecule has 12 atom stereocenters. The Morgan fingerprint density at radius 1 is 0.640 bits per heavy atom. The van der Waals surface area contributed by atoms with Crippen molar-refractivity contribution in [3.8, 4) is 0 Å². The van der Waals surface area contributed by atoms with E-state index in [-0.39, 0.29) is 123 Å². The van der Waals surface area contributed by atoms with Crippen LogP contribution in [0.5, 0.6) is 0 Å². The number of likely N-dealkylation sites (N-methyl/N-ethyl adjacent to an activating group) is 6. The quantitative estimate of drug-likeness (QED) is 0.138. The molecular weight excluding hydrogens is 1470 g/mol. The Balaban J connectivity index is 1.21. The molecule has 8 rings (SSSR count). The standard InChI is InChI=1S/C77H118F8N12O14/c1-13-46(6)64-72(107)90(8)43-62(100)92(10)57-35-45(5)26-29-96(71(57)106)59(38-47-20-23-50(24-21-47)76(80,81)82)69(104)89(7)42-60(98)86-54(25-22-48-36-52(78)63(53(79)37-48)77(83,84)85)68(103)97-41-51(111-14-2)39-56(97)67(102)88-75(27-17-28-75)74(109)94(12)65(49-18-15-16-19-49)73(108)93(11)58(70(105)95-30-32-110-33-31-95)40-61(99)91(9)55(34-44(3)4)66(101)87-64/h26,44,46-59,63-65H,13-25,27-43H2,1-12H3,(H,86,98)(H,87,101)(H,88,102)/t46-,47?,48?,50?,51+,52?,53?,54-,55-,56-,57-,58-,59-,63?,64-,65-/m0/s1. The highest BCUT2D eigenvalue weighted by Gasteiger charge is 2.56. The third-order valence-corrected chi connectivity index (χ3v) is 24.9. The van der Waals surface area contributed by atoms with Gasteiger partial charge >= 0.3 is 12.4 Å². The lowest BCUT2D eigenvalue weighted by atomic mass is 9.74. The van der Waals surface area contributed by atoms with Crippen LogP contribution in [0.3, 0.4) is 0 Å². The third-order valence-electron chi connectivity index (χ3n) is 24.9. The molecule has 2 unspecified atom stereocenters. The van der Waals surface area contributed by atoms with Gasteiger partial charge in [-0.3, -0.25) is 57.5 Å². The predicted molar refractivity (Wildman–Crippen MR) is 390 cm³/mol. The minimum absolute atomic E-state index is 0.0114. The van der Waals surface area contributed by atoms with E-state index in [2.05, 4.69) is 16.0 Å². The summed E-state index contributed by atoms with van der Waals surface area (Å²) in [5.74, 6) is -17.1. The third kappa shape index (κ3) is 21.6. The number of alkyl halides is 8. The van der Waals surface area contributed by atoms with Crippen LogP contribution in [0.1, 0.15) is 176 Å². The van der Waals surface area contributed by atoms with Crippen molar-refractivity contribution in [1.82, 2.24) is 60.0 Å². The maximum atomic E-state index is 15.7. The topological polar surface area (TPSA) is 289 Å². The van der Waals surface area contributed by atoms with E-state index in [1.54, 1.807) is 33.8 Å². The van der Waals surface area contributed by atoms with Crippen molar-refractivity contribution in [2.75, 3.05) is 101 Å². The molecule has 26 nitrogen and oxygen atoms in total. The largest absolute Gasteiger partial charge is 0.397 e. The van der Waals surface area contributed by atoms with Crippen LogP contribution in [0.15, 0.2) is 11.6 Å². The Morgan fingerprint density at radius 3 is 1.83 bits per heavy atom. The fourth-order valence-electron chi connectivity index (χ4n) is 17.7. The first-order chi connectivity index (χ1) is 52.1. The number of halogens is 8. The fourth-order valence-corrected chi connectivity index (χ4v) is 17.7. The number of fused-ring (bicyclic) bond motifs is 3. The van der Waals surface area contributed by atoms with E-state index in [1.165, 1.54) is 61.9 Å². The molecule has 2 bridgehead atoms. The maximum absolute atomic E-state index is 15.7. The average Bonchev–Trinajstić information content (AvgIpc) is 1.68. The summed E-state index contributed by atoms with van der Waals surface area (Å²) < 4.78 is 127. The lowest BCUT2D eigenvalue weighted by Gasteiger charge is -2.47. The summed E-state index contributed by atoms with van der Waals surface area (Å²) in [7, 11) is 8.04. The molecule has 4 aliphatic carbocycles. The van der Waals surface area contributed by atoms with Gasteiger partial charge in [0.1, 0.15) is 72.1 Å². The molecule has 4 saturated carbocycles.